The lowest BCUT2D eigenvalue weighted by molar-refractivity contribution is -0.120. The summed E-state index contributed by atoms with van der Waals surface area (Å²) in [6.07, 6.45) is 6.93. The molecular formula is C24H24N10O. The predicted octanol–water partition coefficient (Wildman–Crippen LogP) is 2.19. The average Bonchev–Trinajstić information content (AvgIpc) is 3.59. The molecule has 1 aromatic carbocycles. The molecule has 0 aliphatic carbocycles. The summed E-state index contributed by atoms with van der Waals surface area (Å²) in [5.41, 5.74) is 2.44. The molecule has 2 saturated heterocycles. The van der Waals surface area contributed by atoms with E-state index < -0.39 is 0 Å². The van der Waals surface area contributed by atoms with Crippen LogP contribution in [0.4, 0.5) is 17.3 Å². The molecule has 1 amide bonds. The fourth-order valence-electron chi connectivity index (χ4n) is 4.39. The van der Waals surface area contributed by atoms with Gasteiger partial charge >= 0.3 is 0 Å². The lowest BCUT2D eigenvalue weighted by Gasteiger charge is -2.39. The van der Waals surface area contributed by atoms with Gasteiger partial charge in [-0.15, -0.1) is 10.2 Å². The number of hydrogen-bond acceptors (Lipinski definition) is 9. The molecule has 6 rings (SSSR count). The Morgan fingerprint density at radius 1 is 0.886 bits per heavy atom. The van der Waals surface area contributed by atoms with Crippen LogP contribution in [0, 0.1) is 5.92 Å². The van der Waals surface area contributed by atoms with Crippen LogP contribution in [0.1, 0.15) is 12.8 Å². The third kappa shape index (κ3) is 4.39. The van der Waals surface area contributed by atoms with Crippen molar-refractivity contribution in [3.63, 3.8) is 0 Å². The maximum absolute atomic E-state index is 12.8. The van der Waals surface area contributed by atoms with Gasteiger partial charge in [-0.3, -0.25) is 4.79 Å². The standard InChI is InChI=1S/C24H24N10O/c35-24(18-12-33(13-18)22-11-23(27-15-26-22)34-16-25-14-28-34)29-19-5-3-4-17(10-19)20-6-7-21(31-30-20)32-8-1-2-9-32/h3-7,10-11,14-16,18H,1-2,8-9,12-13H2,(H,29,35). The van der Waals surface area contributed by atoms with Crippen molar-refractivity contribution >= 4 is 23.2 Å². The van der Waals surface area contributed by atoms with Gasteiger partial charge in [0.1, 0.15) is 24.8 Å². The van der Waals surface area contributed by atoms with Crippen LogP contribution in [0.3, 0.4) is 0 Å². The third-order valence-electron chi connectivity index (χ3n) is 6.37. The Bertz CT molecular complexity index is 1310. The first-order valence-electron chi connectivity index (χ1n) is 11.6. The van der Waals surface area contributed by atoms with Crippen LogP contribution >= 0.6 is 0 Å². The van der Waals surface area contributed by atoms with Crippen molar-refractivity contribution in [2.45, 2.75) is 12.8 Å². The number of nitrogens with one attached hydrogen (secondary N) is 1. The van der Waals surface area contributed by atoms with E-state index in [4.69, 9.17) is 0 Å². The van der Waals surface area contributed by atoms with Gasteiger partial charge < -0.3 is 15.1 Å². The van der Waals surface area contributed by atoms with Gasteiger partial charge in [0.25, 0.3) is 0 Å². The summed E-state index contributed by atoms with van der Waals surface area (Å²) in [4.78, 5) is 29.6. The summed E-state index contributed by atoms with van der Waals surface area (Å²) < 4.78 is 1.58. The second-order valence-electron chi connectivity index (χ2n) is 8.72. The molecule has 5 heterocycles. The maximum Gasteiger partial charge on any atom is 0.231 e. The third-order valence-corrected chi connectivity index (χ3v) is 6.37. The van der Waals surface area contributed by atoms with E-state index in [1.54, 1.807) is 11.0 Å². The number of rotatable bonds is 6. The van der Waals surface area contributed by atoms with E-state index in [0.717, 1.165) is 41.7 Å². The van der Waals surface area contributed by atoms with Gasteiger partial charge in [-0.25, -0.2) is 19.6 Å². The molecule has 4 aromatic rings. The van der Waals surface area contributed by atoms with Crippen LogP contribution in [0.2, 0.25) is 0 Å². The molecule has 11 nitrogen and oxygen atoms in total. The Balaban J connectivity index is 1.08. The molecule has 1 N–H and O–H groups in total. The first-order valence-corrected chi connectivity index (χ1v) is 11.6. The Morgan fingerprint density at radius 2 is 1.74 bits per heavy atom. The highest BCUT2D eigenvalue weighted by Gasteiger charge is 2.33. The lowest BCUT2D eigenvalue weighted by Crippen LogP contribution is -2.52. The molecule has 3 aromatic heterocycles. The molecule has 35 heavy (non-hydrogen) atoms. The zero-order valence-electron chi connectivity index (χ0n) is 19.0. The fraction of sp³-hybridized carbons (Fsp3) is 0.292. The topological polar surface area (TPSA) is 118 Å². The molecule has 176 valence electrons. The summed E-state index contributed by atoms with van der Waals surface area (Å²) in [7, 11) is 0. The van der Waals surface area contributed by atoms with Crippen molar-refractivity contribution in [2.75, 3.05) is 41.3 Å². The number of hydrogen-bond donors (Lipinski definition) is 1. The van der Waals surface area contributed by atoms with Crippen molar-refractivity contribution in [1.29, 1.82) is 0 Å². The number of nitrogens with zero attached hydrogens (tertiary/aromatic N) is 9. The molecule has 0 unspecified atom stereocenters. The summed E-state index contributed by atoms with van der Waals surface area (Å²) >= 11 is 0. The van der Waals surface area contributed by atoms with Gasteiger partial charge in [-0.05, 0) is 37.1 Å². The van der Waals surface area contributed by atoms with Crippen LogP contribution < -0.4 is 15.1 Å². The summed E-state index contributed by atoms with van der Waals surface area (Å²) in [5, 5.41) is 15.9. The van der Waals surface area contributed by atoms with E-state index in [1.165, 1.54) is 25.5 Å². The van der Waals surface area contributed by atoms with E-state index in [2.05, 4.69) is 40.5 Å². The van der Waals surface area contributed by atoms with Gasteiger partial charge in [-0.1, -0.05) is 12.1 Å². The Hall–Kier alpha value is -4.41. The Kier molecular flexibility index (Phi) is 5.49. The van der Waals surface area contributed by atoms with Crippen LogP contribution in [0.5, 0.6) is 0 Å². The van der Waals surface area contributed by atoms with Gasteiger partial charge in [0.15, 0.2) is 11.6 Å². The number of anilines is 3. The van der Waals surface area contributed by atoms with Crippen LogP contribution in [-0.4, -0.2) is 67.0 Å². The second kappa shape index (κ2) is 9.09. The minimum atomic E-state index is -0.122. The first-order chi connectivity index (χ1) is 17.2. The smallest absolute Gasteiger partial charge is 0.231 e. The largest absolute Gasteiger partial charge is 0.355 e. The molecule has 0 saturated carbocycles. The minimum Gasteiger partial charge on any atom is -0.355 e. The molecule has 2 aliphatic heterocycles. The summed E-state index contributed by atoms with van der Waals surface area (Å²) in [6.45, 7) is 3.24. The molecule has 0 radical (unpaired) electrons. The van der Waals surface area contributed by atoms with Crippen LogP contribution in [0.15, 0.2) is 61.4 Å². The van der Waals surface area contributed by atoms with E-state index in [9.17, 15) is 4.79 Å². The minimum absolute atomic E-state index is 0.0144. The number of amides is 1. The Morgan fingerprint density at radius 3 is 2.51 bits per heavy atom. The van der Waals surface area contributed by atoms with Crippen LogP contribution in [0.25, 0.3) is 17.1 Å². The molecule has 2 aliphatic rings. The van der Waals surface area contributed by atoms with E-state index >= 15 is 0 Å². The average molecular weight is 469 g/mol. The van der Waals surface area contributed by atoms with Crippen LogP contribution in [-0.2, 0) is 4.79 Å². The van der Waals surface area contributed by atoms with Crippen molar-refractivity contribution in [1.82, 2.24) is 34.9 Å². The number of carbonyl (C=O) groups excluding carboxylic acids is 1. The van der Waals surface area contributed by atoms with Gasteiger partial charge in [0.05, 0.1) is 11.6 Å². The lowest BCUT2D eigenvalue weighted by atomic mass is 9.99. The fourth-order valence-corrected chi connectivity index (χ4v) is 4.39. The van der Waals surface area contributed by atoms with E-state index in [0.29, 0.717) is 18.9 Å². The highest BCUT2D eigenvalue weighted by molar-refractivity contribution is 5.94. The van der Waals surface area contributed by atoms with Crippen molar-refractivity contribution in [3.8, 4) is 17.1 Å². The maximum atomic E-state index is 12.8. The van der Waals surface area contributed by atoms with Gasteiger partial charge in [-0.2, -0.15) is 5.10 Å². The van der Waals surface area contributed by atoms with Gasteiger partial charge in [0.2, 0.25) is 5.91 Å². The zero-order valence-corrected chi connectivity index (χ0v) is 19.0. The summed E-state index contributed by atoms with van der Waals surface area (Å²) in [6, 6.07) is 13.6. The van der Waals surface area contributed by atoms with Crippen molar-refractivity contribution in [3.05, 3.63) is 61.4 Å². The molecule has 11 heteroatoms. The predicted molar refractivity (Wildman–Crippen MR) is 130 cm³/mol. The normalized spacial score (nSPS) is 15.8. The van der Waals surface area contributed by atoms with Crippen molar-refractivity contribution < 1.29 is 4.79 Å². The number of carbonyl (C=O) groups is 1. The highest BCUT2D eigenvalue weighted by atomic mass is 16.2. The quantitative estimate of drug-likeness (QED) is 0.454. The monoisotopic (exact) mass is 468 g/mol. The second-order valence-corrected chi connectivity index (χ2v) is 8.72. The molecule has 0 bridgehead atoms. The van der Waals surface area contributed by atoms with E-state index in [1.807, 2.05) is 47.4 Å². The SMILES string of the molecule is O=C(Nc1cccc(-c2ccc(N3CCCC3)nn2)c1)C1CN(c2cc(-n3cncn3)ncn2)C1. The first kappa shape index (κ1) is 21.1. The Labute approximate surface area is 201 Å². The van der Waals surface area contributed by atoms with Gasteiger partial charge in [0, 0.05) is 43.5 Å². The molecular weight excluding hydrogens is 444 g/mol. The number of aromatic nitrogens is 7. The summed E-state index contributed by atoms with van der Waals surface area (Å²) in [5.74, 6) is 2.17. The zero-order chi connectivity index (χ0) is 23.6. The van der Waals surface area contributed by atoms with E-state index in [-0.39, 0.29) is 11.8 Å². The van der Waals surface area contributed by atoms with Crippen molar-refractivity contribution in [2.24, 2.45) is 5.92 Å². The molecule has 0 spiro atoms. The molecule has 0 atom stereocenters. The molecule has 2 fully saturated rings. The highest BCUT2D eigenvalue weighted by Crippen LogP contribution is 2.26. The number of benzene rings is 1.